The second-order valence-electron chi connectivity index (χ2n) is 7.97. The van der Waals surface area contributed by atoms with Crippen LogP contribution in [0, 0.1) is 5.92 Å². The van der Waals surface area contributed by atoms with Crippen molar-refractivity contribution in [3.63, 3.8) is 0 Å². The van der Waals surface area contributed by atoms with Gasteiger partial charge in [0.25, 0.3) is 0 Å². The van der Waals surface area contributed by atoms with Gasteiger partial charge in [0.05, 0.1) is 22.3 Å². The molecule has 0 spiro atoms. The molecule has 6 nitrogen and oxygen atoms in total. The summed E-state index contributed by atoms with van der Waals surface area (Å²) in [6, 6.07) is 9.21. The molecule has 0 radical (unpaired) electrons. The maximum absolute atomic E-state index is 12.5. The fourth-order valence-electron chi connectivity index (χ4n) is 3.64. The minimum absolute atomic E-state index is 0.00288. The predicted molar refractivity (Wildman–Crippen MR) is 141 cm³/mol. The normalized spacial score (nSPS) is 14.2. The van der Waals surface area contributed by atoms with Gasteiger partial charge in [-0.3, -0.25) is 9.59 Å². The molecular weight excluding hydrogens is 574 g/mol. The molecule has 0 unspecified atom stereocenters. The van der Waals surface area contributed by atoms with Gasteiger partial charge >= 0.3 is 0 Å². The van der Waals surface area contributed by atoms with Gasteiger partial charge in [-0.15, -0.1) is 0 Å². The van der Waals surface area contributed by atoms with Crippen LogP contribution in [0.5, 0.6) is 5.75 Å². The summed E-state index contributed by atoms with van der Waals surface area (Å²) in [6.07, 6.45) is 3.14. The molecule has 2 aromatic rings. The first-order chi connectivity index (χ1) is 15.7. The lowest BCUT2D eigenvalue weighted by molar-refractivity contribution is -0.134. The van der Waals surface area contributed by atoms with Crippen LogP contribution in [-0.4, -0.2) is 50.0 Å². The van der Waals surface area contributed by atoms with E-state index in [1.807, 2.05) is 43.0 Å². The first-order valence-corrected chi connectivity index (χ1v) is 12.5. The van der Waals surface area contributed by atoms with Gasteiger partial charge in [-0.2, -0.15) is 0 Å². The molecule has 1 aliphatic heterocycles. The molecular formula is C24H26Br2ClN3O3. The summed E-state index contributed by atoms with van der Waals surface area (Å²) in [7, 11) is 1.58. The Bertz CT molecular complexity index is 1070. The average molecular weight is 600 g/mol. The Morgan fingerprint density at radius 3 is 2.42 bits per heavy atom. The third-order valence-electron chi connectivity index (χ3n) is 5.30. The summed E-state index contributed by atoms with van der Waals surface area (Å²) in [6.45, 7) is 6.62. The number of ether oxygens (including phenoxy) is 1. The molecule has 0 atom stereocenters. The zero-order valence-corrected chi connectivity index (χ0v) is 22.6. The monoisotopic (exact) mass is 597 g/mol. The third kappa shape index (κ3) is 6.52. The van der Waals surface area contributed by atoms with Crippen LogP contribution in [-0.2, 0) is 9.59 Å². The molecule has 0 aliphatic carbocycles. The maximum atomic E-state index is 12.5. The predicted octanol–water partition coefficient (Wildman–Crippen LogP) is 5.83. The average Bonchev–Trinajstić information content (AvgIpc) is 2.77. The quantitative estimate of drug-likeness (QED) is 0.425. The number of benzene rings is 2. The standard InChI is InChI=1S/C24H26Br2ClN3O3/c1-15(2)24(32)30-10-8-29(9-11-30)21-6-5-18(14-20(21)27)28-22(31)7-4-16-12-17(25)13-19(26)23(16)33-3/h4-7,12-15H,8-11H2,1-3H3,(H,28,31)/b7-4+. The molecule has 1 saturated heterocycles. The lowest BCUT2D eigenvalue weighted by atomic mass is 10.1. The summed E-state index contributed by atoms with van der Waals surface area (Å²) in [5, 5.41) is 3.39. The molecule has 1 heterocycles. The van der Waals surface area contributed by atoms with Crippen LogP contribution < -0.4 is 15.0 Å². The highest BCUT2D eigenvalue weighted by molar-refractivity contribution is 9.11. The highest BCUT2D eigenvalue weighted by atomic mass is 79.9. The number of rotatable bonds is 6. The van der Waals surface area contributed by atoms with Gasteiger partial charge in [-0.25, -0.2) is 0 Å². The fourth-order valence-corrected chi connectivity index (χ4v) is 5.36. The van der Waals surface area contributed by atoms with Crippen molar-refractivity contribution in [3.05, 3.63) is 55.9 Å². The summed E-state index contributed by atoms with van der Waals surface area (Å²) in [4.78, 5) is 28.7. The van der Waals surface area contributed by atoms with E-state index in [1.165, 1.54) is 6.08 Å². The van der Waals surface area contributed by atoms with E-state index in [4.69, 9.17) is 16.3 Å². The van der Waals surface area contributed by atoms with E-state index >= 15 is 0 Å². The van der Waals surface area contributed by atoms with Crippen LogP contribution in [0.15, 0.2) is 45.4 Å². The van der Waals surface area contributed by atoms with Crippen LogP contribution in [0.3, 0.4) is 0 Å². The molecule has 33 heavy (non-hydrogen) atoms. The van der Waals surface area contributed by atoms with E-state index in [0.717, 1.165) is 33.3 Å². The second-order valence-corrected chi connectivity index (χ2v) is 10.1. The molecule has 1 N–H and O–H groups in total. The first kappa shape index (κ1) is 25.6. The summed E-state index contributed by atoms with van der Waals surface area (Å²) < 4.78 is 7.06. The molecule has 2 amide bonds. The SMILES string of the molecule is COc1c(Br)cc(Br)cc1/C=C/C(=O)Nc1ccc(N2CCN(C(=O)C(C)C)CC2)c(Cl)c1. The van der Waals surface area contributed by atoms with Gasteiger partial charge in [0.1, 0.15) is 5.75 Å². The third-order valence-corrected chi connectivity index (χ3v) is 6.65. The molecule has 1 fully saturated rings. The molecule has 2 aromatic carbocycles. The van der Waals surface area contributed by atoms with E-state index in [9.17, 15) is 9.59 Å². The van der Waals surface area contributed by atoms with Crippen LogP contribution in [0.1, 0.15) is 19.4 Å². The second kappa shape index (κ2) is 11.4. The Morgan fingerprint density at radius 2 is 1.82 bits per heavy atom. The number of amides is 2. The number of piperazine rings is 1. The van der Waals surface area contributed by atoms with Gasteiger partial charge in [0, 0.05) is 53.9 Å². The van der Waals surface area contributed by atoms with E-state index in [0.29, 0.717) is 29.5 Å². The number of hydrogen-bond acceptors (Lipinski definition) is 4. The van der Waals surface area contributed by atoms with Crippen molar-refractivity contribution in [3.8, 4) is 5.75 Å². The van der Waals surface area contributed by atoms with E-state index in [-0.39, 0.29) is 17.7 Å². The first-order valence-electron chi connectivity index (χ1n) is 10.5. The number of halogens is 3. The Labute approximate surface area is 216 Å². The number of carbonyl (C=O) groups is 2. The van der Waals surface area contributed by atoms with Crippen molar-refractivity contribution in [1.82, 2.24) is 4.90 Å². The minimum atomic E-state index is -0.280. The number of nitrogens with one attached hydrogen (secondary N) is 1. The Morgan fingerprint density at radius 1 is 1.12 bits per heavy atom. The van der Waals surface area contributed by atoms with Gasteiger partial charge in [0.2, 0.25) is 11.8 Å². The lowest BCUT2D eigenvalue weighted by Gasteiger charge is -2.37. The number of hydrogen-bond donors (Lipinski definition) is 1. The van der Waals surface area contributed by atoms with Crippen molar-refractivity contribution in [2.45, 2.75) is 13.8 Å². The summed E-state index contributed by atoms with van der Waals surface area (Å²) >= 11 is 13.4. The molecule has 0 saturated carbocycles. The zero-order chi connectivity index (χ0) is 24.1. The van der Waals surface area contributed by atoms with E-state index < -0.39 is 0 Å². The number of nitrogens with zero attached hydrogens (tertiary/aromatic N) is 2. The molecule has 0 bridgehead atoms. The minimum Gasteiger partial charge on any atom is -0.495 e. The maximum Gasteiger partial charge on any atom is 0.248 e. The van der Waals surface area contributed by atoms with Crippen molar-refractivity contribution in [2.24, 2.45) is 5.92 Å². The van der Waals surface area contributed by atoms with Crippen LogP contribution in [0.2, 0.25) is 5.02 Å². The smallest absolute Gasteiger partial charge is 0.248 e. The van der Waals surface area contributed by atoms with Crippen LogP contribution in [0.25, 0.3) is 6.08 Å². The molecule has 176 valence electrons. The van der Waals surface area contributed by atoms with Gasteiger partial charge in [-0.05, 0) is 52.3 Å². The Balaban J connectivity index is 1.63. The summed E-state index contributed by atoms with van der Waals surface area (Å²) in [5.74, 6) is 0.547. The highest BCUT2D eigenvalue weighted by Crippen LogP contribution is 2.34. The largest absolute Gasteiger partial charge is 0.495 e. The number of anilines is 2. The summed E-state index contributed by atoms with van der Waals surface area (Å²) in [5.41, 5.74) is 2.26. The van der Waals surface area contributed by atoms with E-state index in [2.05, 4.69) is 42.1 Å². The number of methoxy groups -OCH3 is 1. The lowest BCUT2D eigenvalue weighted by Crippen LogP contribution is -2.50. The number of carbonyl (C=O) groups excluding carboxylic acids is 2. The van der Waals surface area contributed by atoms with Crippen molar-refractivity contribution in [1.29, 1.82) is 0 Å². The topological polar surface area (TPSA) is 61.9 Å². The highest BCUT2D eigenvalue weighted by Gasteiger charge is 2.24. The van der Waals surface area contributed by atoms with Crippen molar-refractivity contribution in [2.75, 3.05) is 43.5 Å². The Hall–Kier alpha value is -2.03. The van der Waals surface area contributed by atoms with Gasteiger partial charge in [-0.1, -0.05) is 41.4 Å². The van der Waals surface area contributed by atoms with Gasteiger partial charge < -0.3 is 19.9 Å². The zero-order valence-electron chi connectivity index (χ0n) is 18.7. The molecule has 9 heteroatoms. The molecule has 0 aromatic heterocycles. The van der Waals surface area contributed by atoms with Crippen molar-refractivity contribution >= 4 is 72.7 Å². The molecule has 1 aliphatic rings. The van der Waals surface area contributed by atoms with Crippen LogP contribution in [0.4, 0.5) is 11.4 Å². The molecule has 3 rings (SSSR count). The Kier molecular flexibility index (Phi) is 8.84. The van der Waals surface area contributed by atoms with E-state index in [1.54, 1.807) is 19.3 Å². The van der Waals surface area contributed by atoms with Crippen LogP contribution >= 0.6 is 43.5 Å². The fraction of sp³-hybridized carbons (Fsp3) is 0.333. The van der Waals surface area contributed by atoms with Crippen molar-refractivity contribution < 1.29 is 14.3 Å². The van der Waals surface area contributed by atoms with Gasteiger partial charge in [0.15, 0.2) is 0 Å².